The van der Waals surface area contributed by atoms with Crippen LogP contribution >= 0.6 is 11.6 Å². The predicted molar refractivity (Wildman–Crippen MR) is 92.1 cm³/mol. The molecule has 0 aliphatic rings. The molecule has 3 aromatic rings. The van der Waals surface area contributed by atoms with E-state index in [1.165, 1.54) is 18.1 Å². The fourth-order valence-electron chi connectivity index (χ4n) is 2.58. The molecule has 1 N–H and O–H groups in total. The van der Waals surface area contributed by atoms with Crippen LogP contribution in [0.25, 0.3) is 10.9 Å². The van der Waals surface area contributed by atoms with Gasteiger partial charge >= 0.3 is 0 Å². The average Bonchev–Trinajstić information content (AvgIpc) is 2.97. The number of hydrogen-bond acceptors (Lipinski definition) is 2. The number of amides is 1. The van der Waals surface area contributed by atoms with Gasteiger partial charge in [0.1, 0.15) is 5.69 Å². The Morgan fingerprint density at radius 2 is 2.04 bits per heavy atom. The van der Waals surface area contributed by atoms with Crippen molar-refractivity contribution in [1.29, 1.82) is 0 Å². The molecule has 3 rings (SSSR count). The topological polar surface area (TPSA) is 45.3 Å². The van der Waals surface area contributed by atoms with E-state index in [2.05, 4.69) is 4.98 Å². The highest BCUT2D eigenvalue weighted by atomic mass is 35.5. The zero-order chi connectivity index (χ0) is 17.3. The van der Waals surface area contributed by atoms with E-state index in [9.17, 15) is 9.18 Å². The highest BCUT2D eigenvalue weighted by molar-refractivity contribution is 6.31. The second-order valence-corrected chi connectivity index (χ2v) is 5.98. The van der Waals surface area contributed by atoms with Gasteiger partial charge < -0.3 is 14.6 Å². The van der Waals surface area contributed by atoms with Crippen LogP contribution in [0.3, 0.4) is 0 Å². The molecule has 1 aromatic heterocycles. The molecule has 1 amide bonds. The van der Waals surface area contributed by atoms with Gasteiger partial charge in [0.15, 0.2) is 11.6 Å². The zero-order valence-electron chi connectivity index (χ0n) is 13.3. The van der Waals surface area contributed by atoms with Gasteiger partial charge in [0.05, 0.1) is 7.11 Å². The van der Waals surface area contributed by atoms with Crippen molar-refractivity contribution in [3.05, 3.63) is 64.6 Å². The van der Waals surface area contributed by atoms with Crippen molar-refractivity contribution in [2.45, 2.75) is 6.54 Å². The second kappa shape index (κ2) is 6.53. The van der Waals surface area contributed by atoms with E-state index in [0.717, 1.165) is 10.9 Å². The van der Waals surface area contributed by atoms with E-state index in [4.69, 9.17) is 16.3 Å². The van der Waals surface area contributed by atoms with Crippen LogP contribution in [0, 0.1) is 5.82 Å². The third-order valence-corrected chi connectivity index (χ3v) is 4.03. The maximum Gasteiger partial charge on any atom is 0.270 e. The molecule has 0 aliphatic heterocycles. The Morgan fingerprint density at radius 1 is 1.25 bits per heavy atom. The van der Waals surface area contributed by atoms with Crippen molar-refractivity contribution in [1.82, 2.24) is 9.88 Å². The Hall–Kier alpha value is -2.53. The van der Waals surface area contributed by atoms with Gasteiger partial charge in [-0.1, -0.05) is 17.7 Å². The monoisotopic (exact) mass is 346 g/mol. The largest absolute Gasteiger partial charge is 0.494 e. The van der Waals surface area contributed by atoms with Crippen LogP contribution in [0.5, 0.6) is 5.75 Å². The maximum atomic E-state index is 13.8. The molecule has 24 heavy (non-hydrogen) atoms. The Kier molecular flexibility index (Phi) is 4.44. The third kappa shape index (κ3) is 3.21. The van der Waals surface area contributed by atoms with Gasteiger partial charge in [0.25, 0.3) is 5.91 Å². The van der Waals surface area contributed by atoms with Crippen LogP contribution < -0.4 is 4.74 Å². The molecular formula is C18H16ClFN2O2. The molecule has 0 bridgehead atoms. The number of ether oxygens (including phenoxy) is 1. The number of benzene rings is 2. The van der Waals surface area contributed by atoms with Gasteiger partial charge in [-0.3, -0.25) is 4.79 Å². The van der Waals surface area contributed by atoms with Crippen molar-refractivity contribution < 1.29 is 13.9 Å². The van der Waals surface area contributed by atoms with E-state index in [1.54, 1.807) is 37.4 Å². The molecule has 124 valence electrons. The van der Waals surface area contributed by atoms with Gasteiger partial charge in [0, 0.05) is 29.5 Å². The second-order valence-electron chi connectivity index (χ2n) is 5.54. The van der Waals surface area contributed by atoms with Crippen molar-refractivity contribution in [2.75, 3.05) is 14.2 Å². The van der Waals surface area contributed by atoms with Crippen LogP contribution in [0.4, 0.5) is 4.39 Å². The molecule has 0 fully saturated rings. The molecule has 0 aliphatic carbocycles. The number of methoxy groups -OCH3 is 1. The summed E-state index contributed by atoms with van der Waals surface area (Å²) in [4.78, 5) is 17.2. The first-order chi connectivity index (χ1) is 11.5. The minimum Gasteiger partial charge on any atom is -0.494 e. The van der Waals surface area contributed by atoms with Gasteiger partial charge in [-0.2, -0.15) is 0 Å². The van der Waals surface area contributed by atoms with E-state index in [1.807, 2.05) is 6.07 Å². The lowest BCUT2D eigenvalue weighted by atomic mass is 10.2. The Bertz CT molecular complexity index is 907. The van der Waals surface area contributed by atoms with Crippen LogP contribution in [-0.4, -0.2) is 29.9 Å². The van der Waals surface area contributed by atoms with E-state index < -0.39 is 5.82 Å². The van der Waals surface area contributed by atoms with Crippen LogP contribution in [0.2, 0.25) is 5.02 Å². The standard InChI is InChI=1S/C18H16ClFN2O2/c1-22(10-11-3-6-17(24-2)14(20)7-11)18(23)16-9-12-8-13(19)4-5-15(12)21-16/h3-9,21H,10H2,1-2H3. The minimum atomic E-state index is -0.448. The maximum absolute atomic E-state index is 13.8. The highest BCUT2D eigenvalue weighted by Gasteiger charge is 2.15. The number of fused-ring (bicyclic) bond motifs is 1. The SMILES string of the molecule is COc1ccc(CN(C)C(=O)c2cc3cc(Cl)ccc3[nH]2)cc1F. The third-order valence-electron chi connectivity index (χ3n) is 3.80. The predicted octanol–water partition coefficient (Wildman–Crippen LogP) is 4.24. The molecule has 6 heteroatoms. The zero-order valence-corrected chi connectivity index (χ0v) is 14.0. The lowest BCUT2D eigenvalue weighted by Crippen LogP contribution is -2.26. The van der Waals surface area contributed by atoms with E-state index in [-0.39, 0.29) is 18.2 Å². The number of halogens is 2. The van der Waals surface area contributed by atoms with E-state index >= 15 is 0 Å². The molecule has 4 nitrogen and oxygen atoms in total. The summed E-state index contributed by atoms with van der Waals surface area (Å²) in [6, 6.07) is 11.8. The van der Waals surface area contributed by atoms with E-state index in [0.29, 0.717) is 16.3 Å². The van der Waals surface area contributed by atoms with Crippen molar-refractivity contribution in [3.63, 3.8) is 0 Å². The molecule has 0 atom stereocenters. The molecule has 0 saturated carbocycles. The fourth-order valence-corrected chi connectivity index (χ4v) is 2.76. The number of H-pyrrole nitrogens is 1. The number of nitrogens with zero attached hydrogens (tertiary/aromatic N) is 1. The number of carbonyl (C=O) groups excluding carboxylic acids is 1. The molecular weight excluding hydrogens is 331 g/mol. The minimum absolute atomic E-state index is 0.181. The summed E-state index contributed by atoms with van der Waals surface area (Å²) in [6.45, 7) is 0.288. The summed E-state index contributed by atoms with van der Waals surface area (Å²) < 4.78 is 18.6. The number of carbonyl (C=O) groups is 1. The van der Waals surface area contributed by atoms with Crippen molar-refractivity contribution in [3.8, 4) is 5.75 Å². The average molecular weight is 347 g/mol. The van der Waals surface area contributed by atoms with Gasteiger partial charge in [0.2, 0.25) is 0 Å². The molecule has 0 saturated heterocycles. The lowest BCUT2D eigenvalue weighted by Gasteiger charge is -2.16. The number of hydrogen-bond donors (Lipinski definition) is 1. The molecule has 2 aromatic carbocycles. The number of nitrogens with one attached hydrogen (secondary N) is 1. The molecule has 0 radical (unpaired) electrons. The summed E-state index contributed by atoms with van der Waals surface area (Å²) in [5.41, 5.74) is 1.98. The number of aromatic amines is 1. The smallest absolute Gasteiger partial charge is 0.270 e. The molecule has 0 unspecified atom stereocenters. The Morgan fingerprint density at radius 3 is 2.75 bits per heavy atom. The quantitative estimate of drug-likeness (QED) is 0.768. The van der Waals surface area contributed by atoms with Gasteiger partial charge in [-0.15, -0.1) is 0 Å². The summed E-state index contributed by atoms with van der Waals surface area (Å²) in [6.07, 6.45) is 0. The molecule has 0 spiro atoms. The van der Waals surface area contributed by atoms with Crippen LogP contribution in [0.15, 0.2) is 42.5 Å². The Balaban J connectivity index is 1.79. The van der Waals surface area contributed by atoms with Crippen LogP contribution in [0.1, 0.15) is 16.1 Å². The normalized spacial score (nSPS) is 10.8. The summed E-state index contributed by atoms with van der Waals surface area (Å²) in [7, 11) is 3.08. The summed E-state index contributed by atoms with van der Waals surface area (Å²) in [5, 5.41) is 1.48. The first kappa shape index (κ1) is 16.3. The Labute approximate surface area is 143 Å². The van der Waals surface area contributed by atoms with Gasteiger partial charge in [-0.05, 0) is 42.0 Å². The summed E-state index contributed by atoms with van der Waals surface area (Å²) >= 11 is 5.96. The first-order valence-corrected chi connectivity index (χ1v) is 7.72. The number of rotatable bonds is 4. The first-order valence-electron chi connectivity index (χ1n) is 7.34. The highest BCUT2D eigenvalue weighted by Crippen LogP contribution is 2.22. The van der Waals surface area contributed by atoms with Crippen LogP contribution in [-0.2, 0) is 6.54 Å². The van der Waals surface area contributed by atoms with Gasteiger partial charge in [-0.25, -0.2) is 4.39 Å². The lowest BCUT2D eigenvalue weighted by molar-refractivity contribution is 0.0780. The summed E-state index contributed by atoms with van der Waals surface area (Å²) in [5.74, 6) is -0.449. The molecule has 1 heterocycles. The van der Waals surface area contributed by atoms with Crippen molar-refractivity contribution >= 4 is 28.4 Å². The van der Waals surface area contributed by atoms with Crippen molar-refractivity contribution in [2.24, 2.45) is 0 Å². The fraction of sp³-hybridized carbons (Fsp3) is 0.167. The number of aromatic nitrogens is 1.